The monoisotopic (exact) mass is 288 g/mol. The van der Waals surface area contributed by atoms with Crippen molar-refractivity contribution in [1.82, 2.24) is 10.1 Å². The van der Waals surface area contributed by atoms with Crippen molar-refractivity contribution in [2.45, 2.75) is 25.2 Å². The zero-order chi connectivity index (χ0) is 14.8. The minimum absolute atomic E-state index is 0.179. The van der Waals surface area contributed by atoms with Crippen LogP contribution in [0.5, 0.6) is 5.75 Å². The SMILES string of the molecule is COc1ccc(-c2noc(C3CCCC3C(=O)O)n2)cc1. The van der Waals surface area contributed by atoms with Crippen molar-refractivity contribution in [2.75, 3.05) is 7.11 Å². The smallest absolute Gasteiger partial charge is 0.307 e. The number of hydrogen-bond acceptors (Lipinski definition) is 5. The highest BCUT2D eigenvalue weighted by atomic mass is 16.5. The molecule has 1 saturated carbocycles. The lowest BCUT2D eigenvalue weighted by atomic mass is 9.96. The summed E-state index contributed by atoms with van der Waals surface area (Å²) in [6, 6.07) is 7.33. The Morgan fingerprint density at radius 1 is 1.33 bits per heavy atom. The van der Waals surface area contributed by atoms with Gasteiger partial charge in [0.05, 0.1) is 18.9 Å². The first-order chi connectivity index (χ1) is 10.2. The Hall–Kier alpha value is -2.37. The van der Waals surface area contributed by atoms with Gasteiger partial charge in [0.1, 0.15) is 5.75 Å². The first-order valence-electron chi connectivity index (χ1n) is 6.90. The molecule has 1 aliphatic rings. The Bertz CT molecular complexity index is 635. The molecule has 6 nitrogen and oxygen atoms in total. The Morgan fingerprint density at radius 3 is 2.76 bits per heavy atom. The van der Waals surface area contributed by atoms with Gasteiger partial charge in [0.2, 0.25) is 11.7 Å². The molecule has 1 fully saturated rings. The molecule has 0 spiro atoms. The lowest BCUT2D eigenvalue weighted by Crippen LogP contribution is -2.17. The molecule has 2 atom stereocenters. The van der Waals surface area contributed by atoms with Gasteiger partial charge in [-0.3, -0.25) is 4.79 Å². The molecule has 0 aliphatic heterocycles. The predicted molar refractivity (Wildman–Crippen MR) is 74.0 cm³/mol. The van der Waals surface area contributed by atoms with Crippen LogP contribution < -0.4 is 4.74 Å². The first kappa shape index (κ1) is 13.6. The van der Waals surface area contributed by atoms with E-state index in [1.54, 1.807) is 7.11 Å². The fourth-order valence-corrected chi connectivity index (χ4v) is 2.79. The number of benzene rings is 1. The quantitative estimate of drug-likeness (QED) is 0.931. The molecule has 1 aliphatic carbocycles. The van der Waals surface area contributed by atoms with E-state index >= 15 is 0 Å². The van der Waals surface area contributed by atoms with Crippen molar-refractivity contribution < 1.29 is 19.2 Å². The summed E-state index contributed by atoms with van der Waals surface area (Å²) in [7, 11) is 1.60. The second kappa shape index (κ2) is 5.55. The van der Waals surface area contributed by atoms with Crippen LogP contribution >= 0.6 is 0 Å². The van der Waals surface area contributed by atoms with Crippen LogP contribution in [-0.2, 0) is 4.79 Å². The molecule has 0 saturated heterocycles. The number of carbonyl (C=O) groups is 1. The summed E-state index contributed by atoms with van der Waals surface area (Å²) in [6.07, 6.45) is 2.32. The van der Waals surface area contributed by atoms with Gasteiger partial charge < -0.3 is 14.4 Å². The van der Waals surface area contributed by atoms with E-state index in [2.05, 4.69) is 10.1 Å². The number of ether oxygens (including phenoxy) is 1. The van der Waals surface area contributed by atoms with E-state index in [0.717, 1.165) is 24.2 Å². The van der Waals surface area contributed by atoms with Crippen molar-refractivity contribution in [1.29, 1.82) is 0 Å². The second-order valence-corrected chi connectivity index (χ2v) is 5.17. The number of aliphatic carboxylic acids is 1. The summed E-state index contributed by atoms with van der Waals surface area (Å²) in [5.41, 5.74) is 0.815. The molecular formula is C15H16N2O4. The Kier molecular flexibility index (Phi) is 3.60. The highest BCUT2D eigenvalue weighted by molar-refractivity contribution is 5.71. The summed E-state index contributed by atoms with van der Waals surface area (Å²) in [6.45, 7) is 0. The Balaban J connectivity index is 1.84. The lowest BCUT2D eigenvalue weighted by molar-refractivity contribution is -0.142. The third-order valence-corrected chi connectivity index (χ3v) is 3.94. The number of nitrogens with zero attached hydrogens (tertiary/aromatic N) is 2. The number of rotatable bonds is 4. The molecule has 1 aromatic heterocycles. The molecule has 0 amide bonds. The van der Waals surface area contributed by atoms with E-state index in [-0.39, 0.29) is 5.92 Å². The largest absolute Gasteiger partial charge is 0.497 e. The maximum absolute atomic E-state index is 11.2. The van der Waals surface area contributed by atoms with Gasteiger partial charge in [-0.05, 0) is 37.1 Å². The minimum atomic E-state index is -0.790. The molecule has 1 N–H and O–H groups in total. The van der Waals surface area contributed by atoms with Crippen LogP contribution in [0, 0.1) is 5.92 Å². The molecular weight excluding hydrogens is 272 g/mol. The van der Waals surface area contributed by atoms with Crippen LogP contribution in [0.1, 0.15) is 31.1 Å². The third kappa shape index (κ3) is 2.61. The molecule has 6 heteroatoms. The van der Waals surface area contributed by atoms with Gasteiger partial charge in [-0.1, -0.05) is 11.6 Å². The normalized spacial score (nSPS) is 21.4. The molecule has 21 heavy (non-hydrogen) atoms. The molecule has 3 rings (SSSR count). The molecule has 1 aromatic carbocycles. The highest BCUT2D eigenvalue weighted by Crippen LogP contribution is 2.39. The van der Waals surface area contributed by atoms with Crippen molar-refractivity contribution in [3.05, 3.63) is 30.2 Å². The van der Waals surface area contributed by atoms with Crippen LogP contribution in [-0.4, -0.2) is 28.3 Å². The van der Waals surface area contributed by atoms with Crippen molar-refractivity contribution in [3.63, 3.8) is 0 Å². The van der Waals surface area contributed by atoms with Crippen molar-refractivity contribution in [2.24, 2.45) is 5.92 Å². The van der Waals surface area contributed by atoms with Gasteiger partial charge in [-0.15, -0.1) is 0 Å². The van der Waals surface area contributed by atoms with Crippen LogP contribution in [0.15, 0.2) is 28.8 Å². The van der Waals surface area contributed by atoms with E-state index in [0.29, 0.717) is 18.1 Å². The fourth-order valence-electron chi connectivity index (χ4n) is 2.79. The summed E-state index contributed by atoms with van der Waals surface area (Å²) >= 11 is 0. The van der Waals surface area contributed by atoms with Crippen LogP contribution in [0.2, 0.25) is 0 Å². The maximum atomic E-state index is 11.2. The standard InChI is InChI=1S/C15H16N2O4/c1-20-10-7-5-9(6-8-10)13-16-14(21-17-13)11-3-2-4-12(11)15(18)19/h5-8,11-12H,2-4H2,1H3,(H,18,19). The van der Waals surface area contributed by atoms with Crippen LogP contribution in [0.3, 0.4) is 0 Å². The van der Waals surface area contributed by atoms with Gasteiger partial charge in [-0.25, -0.2) is 0 Å². The van der Waals surface area contributed by atoms with Gasteiger partial charge in [-0.2, -0.15) is 4.98 Å². The second-order valence-electron chi connectivity index (χ2n) is 5.17. The summed E-state index contributed by atoms with van der Waals surface area (Å²) < 4.78 is 10.4. The van der Waals surface area contributed by atoms with Gasteiger partial charge in [0, 0.05) is 5.56 Å². The van der Waals surface area contributed by atoms with E-state index in [9.17, 15) is 9.90 Å². The molecule has 0 radical (unpaired) electrons. The zero-order valence-electron chi connectivity index (χ0n) is 11.7. The number of carboxylic acids is 1. The minimum Gasteiger partial charge on any atom is -0.497 e. The molecule has 0 bridgehead atoms. The highest BCUT2D eigenvalue weighted by Gasteiger charge is 2.37. The summed E-state index contributed by atoms with van der Waals surface area (Å²) in [5.74, 6) is 0.261. The van der Waals surface area contributed by atoms with E-state index in [4.69, 9.17) is 9.26 Å². The fraction of sp³-hybridized carbons (Fsp3) is 0.400. The average Bonchev–Trinajstić information content (AvgIpc) is 3.16. The number of hydrogen-bond donors (Lipinski definition) is 1. The van der Waals surface area contributed by atoms with Crippen LogP contribution in [0.4, 0.5) is 0 Å². The molecule has 2 unspecified atom stereocenters. The van der Waals surface area contributed by atoms with Gasteiger partial charge in [0.15, 0.2) is 0 Å². The Labute approximate surface area is 121 Å². The lowest BCUT2D eigenvalue weighted by Gasteiger charge is -2.10. The van der Waals surface area contributed by atoms with Gasteiger partial charge >= 0.3 is 5.97 Å². The Morgan fingerprint density at radius 2 is 2.10 bits per heavy atom. The number of carboxylic acid groups (broad SMARTS) is 1. The number of methoxy groups -OCH3 is 1. The molecule has 2 aromatic rings. The van der Waals surface area contributed by atoms with Crippen LogP contribution in [0.25, 0.3) is 11.4 Å². The van der Waals surface area contributed by atoms with E-state index < -0.39 is 11.9 Å². The van der Waals surface area contributed by atoms with Crippen molar-refractivity contribution >= 4 is 5.97 Å². The van der Waals surface area contributed by atoms with Gasteiger partial charge in [0.25, 0.3) is 0 Å². The zero-order valence-corrected chi connectivity index (χ0v) is 11.7. The predicted octanol–water partition coefficient (Wildman–Crippen LogP) is 2.71. The average molecular weight is 288 g/mol. The van der Waals surface area contributed by atoms with E-state index in [1.807, 2.05) is 24.3 Å². The first-order valence-corrected chi connectivity index (χ1v) is 6.90. The van der Waals surface area contributed by atoms with Crippen molar-refractivity contribution in [3.8, 4) is 17.1 Å². The summed E-state index contributed by atoms with van der Waals surface area (Å²) in [5, 5.41) is 13.2. The summed E-state index contributed by atoms with van der Waals surface area (Å²) in [4.78, 5) is 15.6. The molecule has 110 valence electrons. The van der Waals surface area contributed by atoms with E-state index in [1.165, 1.54) is 0 Å². The molecule has 1 heterocycles. The topological polar surface area (TPSA) is 85.5 Å². The number of aromatic nitrogens is 2. The third-order valence-electron chi connectivity index (χ3n) is 3.94. The maximum Gasteiger partial charge on any atom is 0.307 e.